The molecule has 0 bridgehead atoms. The maximum absolute atomic E-state index is 11.4. The van der Waals surface area contributed by atoms with Gasteiger partial charge >= 0.3 is 5.69 Å². The Labute approximate surface area is 113 Å². The Kier molecular flexibility index (Phi) is 2.50. The maximum atomic E-state index is 11.4. The molecule has 0 saturated carbocycles. The van der Waals surface area contributed by atoms with Gasteiger partial charge in [0.2, 0.25) is 0 Å². The van der Waals surface area contributed by atoms with Gasteiger partial charge in [-0.3, -0.25) is 20.2 Å². The van der Waals surface area contributed by atoms with Crippen molar-refractivity contribution in [1.82, 2.24) is 9.55 Å². The monoisotopic (exact) mass is 276 g/mol. The normalized spacial score (nSPS) is 13.7. The molecular formula is C12H12N4O4. The molecule has 1 aromatic carbocycles. The van der Waals surface area contributed by atoms with E-state index in [0.29, 0.717) is 29.9 Å². The lowest BCUT2D eigenvalue weighted by Gasteiger charge is -2.06. The first-order valence-corrected chi connectivity index (χ1v) is 6.24. The summed E-state index contributed by atoms with van der Waals surface area (Å²) in [6.07, 6.45) is 1.55. The highest BCUT2D eigenvalue weighted by molar-refractivity contribution is 5.96. The number of nitro benzene ring substituents is 2. The zero-order valence-electron chi connectivity index (χ0n) is 11.0. The predicted octanol–water partition coefficient (Wildman–Crippen LogP) is 2.42. The Morgan fingerprint density at radius 2 is 1.70 bits per heavy atom. The molecule has 8 nitrogen and oxygen atoms in total. The fraction of sp³-hybridized carbons (Fsp3) is 0.417. The number of hydrogen-bond donors (Lipinski definition) is 0. The molecule has 104 valence electrons. The van der Waals surface area contributed by atoms with E-state index >= 15 is 0 Å². The minimum absolute atomic E-state index is 0.0660. The first kappa shape index (κ1) is 12.5. The summed E-state index contributed by atoms with van der Waals surface area (Å²) in [5.41, 5.74) is 0.889. The van der Waals surface area contributed by atoms with Crippen molar-refractivity contribution >= 4 is 22.4 Å². The highest BCUT2D eigenvalue weighted by atomic mass is 16.6. The van der Waals surface area contributed by atoms with Crippen LogP contribution in [0.15, 0.2) is 0 Å². The summed E-state index contributed by atoms with van der Waals surface area (Å²) >= 11 is 0. The third-order valence-corrected chi connectivity index (χ3v) is 3.92. The van der Waals surface area contributed by atoms with Gasteiger partial charge in [-0.2, -0.15) is 0 Å². The summed E-state index contributed by atoms with van der Waals surface area (Å²) < 4.78 is 1.74. The summed E-state index contributed by atoms with van der Waals surface area (Å²) in [6, 6.07) is 0. The molecule has 2 aromatic rings. The molecule has 1 aliphatic rings. The van der Waals surface area contributed by atoms with Crippen LogP contribution >= 0.6 is 0 Å². The average Bonchev–Trinajstić information content (AvgIpc) is 2.91. The molecule has 1 aliphatic heterocycles. The van der Waals surface area contributed by atoms with Gasteiger partial charge in [-0.15, -0.1) is 0 Å². The van der Waals surface area contributed by atoms with Gasteiger partial charge in [0, 0.05) is 24.1 Å². The van der Waals surface area contributed by atoms with Crippen LogP contribution < -0.4 is 0 Å². The molecule has 0 N–H and O–H groups in total. The molecular weight excluding hydrogens is 264 g/mol. The molecule has 8 heteroatoms. The van der Waals surface area contributed by atoms with Gasteiger partial charge in [-0.05, 0) is 20.3 Å². The van der Waals surface area contributed by atoms with Gasteiger partial charge < -0.3 is 4.57 Å². The van der Waals surface area contributed by atoms with E-state index in [1.807, 2.05) is 0 Å². The van der Waals surface area contributed by atoms with Crippen LogP contribution in [0.3, 0.4) is 0 Å². The van der Waals surface area contributed by atoms with Gasteiger partial charge in [0.05, 0.1) is 9.85 Å². The molecule has 0 fully saturated rings. The van der Waals surface area contributed by atoms with Crippen molar-refractivity contribution in [3.63, 3.8) is 0 Å². The van der Waals surface area contributed by atoms with Crippen LogP contribution in [0.1, 0.15) is 23.4 Å². The van der Waals surface area contributed by atoms with Crippen LogP contribution in [0.25, 0.3) is 11.0 Å². The van der Waals surface area contributed by atoms with Crippen LogP contribution in [-0.4, -0.2) is 19.4 Å². The Morgan fingerprint density at radius 1 is 1.10 bits per heavy atom. The first-order chi connectivity index (χ1) is 9.43. The van der Waals surface area contributed by atoms with Crippen LogP contribution in [0.5, 0.6) is 0 Å². The average molecular weight is 276 g/mol. The quantitative estimate of drug-likeness (QED) is 0.618. The minimum atomic E-state index is -0.503. The highest BCUT2D eigenvalue weighted by Crippen LogP contribution is 2.40. The zero-order chi connectivity index (χ0) is 14.6. The third kappa shape index (κ3) is 1.44. The number of benzene rings is 1. The molecule has 0 atom stereocenters. The van der Waals surface area contributed by atoms with Gasteiger partial charge in [-0.1, -0.05) is 0 Å². The standard InChI is InChI=1S/C12H12N4O4/c1-6-7(2)11(16(19)20)12-9(10(6)15(17)18)13-8-4-3-5-14(8)12/h3-5H2,1-2H3. The second-order valence-electron chi connectivity index (χ2n) is 4.94. The molecule has 20 heavy (non-hydrogen) atoms. The summed E-state index contributed by atoms with van der Waals surface area (Å²) in [5, 5.41) is 22.6. The van der Waals surface area contributed by atoms with Gasteiger partial charge in [0.1, 0.15) is 5.82 Å². The summed E-state index contributed by atoms with van der Waals surface area (Å²) in [7, 11) is 0. The van der Waals surface area contributed by atoms with E-state index in [-0.39, 0.29) is 22.4 Å². The van der Waals surface area contributed by atoms with Crippen molar-refractivity contribution in [2.45, 2.75) is 33.2 Å². The smallest absolute Gasteiger partial charge is 0.300 e. The number of imidazole rings is 1. The zero-order valence-corrected chi connectivity index (χ0v) is 11.0. The molecule has 0 unspecified atom stereocenters. The lowest BCUT2D eigenvalue weighted by Crippen LogP contribution is -2.03. The molecule has 0 aliphatic carbocycles. The van der Waals surface area contributed by atoms with E-state index in [0.717, 1.165) is 6.42 Å². The van der Waals surface area contributed by atoms with E-state index in [1.54, 1.807) is 11.5 Å². The molecule has 0 amide bonds. The minimum Gasteiger partial charge on any atom is -0.322 e. The summed E-state index contributed by atoms with van der Waals surface area (Å²) in [6.45, 7) is 3.70. The summed E-state index contributed by atoms with van der Waals surface area (Å²) in [4.78, 5) is 25.9. The number of nitrogens with zero attached hydrogens (tertiary/aromatic N) is 4. The van der Waals surface area contributed by atoms with Crippen molar-refractivity contribution in [3.05, 3.63) is 37.2 Å². The lowest BCUT2D eigenvalue weighted by atomic mass is 10.0. The SMILES string of the molecule is Cc1c(C)c([N+](=O)[O-])c2c(nc3n2CCC3)c1[N+](=O)[O-]. The van der Waals surface area contributed by atoms with Crippen molar-refractivity contribution in [1.29, 1.82) is 0 Å². The molecule has 1 aromatic heterocycles. The fourth-order valence-corrected chi connectivity index (χ4v) is 2.89. The van der Waals surface area contributed by atoms with Crippen LogP contribution in [-0.2, 0) is 13.0 Å². The number of aryl methyl sites for hydroxylation is 2. The third-order valence-electron chi connectivity index (χ3n) is 3.92. The van der Waals surface area contributed by atoms with Crippen LogP contribution in [0.2, 0.25) is 0 Å². The van der Waals surface area contributed by atoms with Crippen LogP contribution in [0.4, 0.5) is 11.4 Å². The van der Waals surface area contributed by atoms with E-state index < -0.39 is 9.85 Å². The fourth-order valence-electron chi connectivity index (χ4n) is 2.89. The van der Waals surface area contributed by atoms with Crippen molar-refractivity contribution in [2.75, 3.05) is 0 Å². The largest absolute Gasteiger partial charge is 0.322 e. The Morgan fingerprint density at radius 3 is 2.30 bits per heavy atom. The maximum Gasteiger partial charge on any atom is 0.300 e. The molecule has 2 heterocycles. The number of hydrogen-bond acceptors (Lipinski definition) is 5. The van der Waals surface area contributed by atoms with E-state index in [4.69, 9.17) is 0 Å². The Bertz CT molecular complexity index is 778. The number of aromatic nitrogens is 2. The van der Waals surface area contributed by atoms with Gasteiger partial charge in [0.15, 0.2) is 11.0 Å². The number of fused-ring (bicyclic) bond motifs is 3. The molecule has 0 saturated heterocycles. The van der Waals surface area contributed by atoms with E-state index in [1.165, 1.54) is 6.92 Å². The Balaban J connectivity index is 2.56. The van der Waals surface area contributed by atoms with Crippen LogP contribution in [0, 0.1) is 34.1 Å². The highest BCUT2D eigenvalue weighted by Gasteiger charge is 2.34. The predicted molar refractivity (Wildman–Crippen MR) is 70.8 cm³/mol. The van der Waals surface area contributed by atoms with E-state index in [2.05, 4.69) is 4.98 Å². The second kappa shape index (κ2) is 3.99. The van der Waals surface area contributed by atoms with Crippen molar-refractivity contribution < 1.29 is 9.85 Å². The second-order valence-corrected chi connectivity index (χ2v) is 4.94. The topological polar surface area (TPSA) is 104 Å². The number of nitro groups is 2. The first-order valence-electron chi connectivity index (χ1n) is 6.24. The summed E-state index contributed by atoms with van der Waals surface area (Å²) in [5.74, 6) is 0.691. The van der Waals surface area contributed by atoms with Gasteiger partial charge in [0.25, 0.3) is 5.69 Å². The van der Waals surface area contributed by atoms with Gasteiger partial charge in [-0.25, -0.2) is 4.98 Å². The lowest BCUT2D eigenvalue weighted by molar-refractivity contribution is -0.387. The van der Waals surface area contributed by atoms with Crippen molar-refractivity contribution in [2.24, 2.45) is 0 Å². The van der Waals surface area contributed by atoms with E-state index in [9.17, 15) is 20.2 Å². The number of rotatable bonds is 2. The molecule has 3 rings (SSSR count). The molecule has 0 spiro atoms. The Hall–Kier alpha value is -2.51. The molecule has 0 radical (unpaired) electrons. The van der Waals surface area contributed by atoms with Crippen molar-refractivity contribution in [3.8, 4) is 0 Å².